The van der Waals surface area contributed by atoms with Gasteiger partial charge < -0.3 is 10.4 Å². The molecule has 1 aliphatic rings. The van der Waals surface area contributed by atoms with E-state index in [-0.39, 0.29) is 5.82 Å². The van der Waals surface area contributed by atoms with Gasteiger partial charge in [0.25, 0.3) is 0 Å². The summed E-state index contributed by atoms with van der Waals surface area (Å²) in [5.74, 6) is 1.14. The number of hydrogen-bond acceptors (Lipinski definition) is 2. The Balaban J connectivity index is 1.78. The third-order valence-corrected chi connectivity index (χ3v) is 4.05. The Labute approximate surface area is 108 Å². The molecule has 1 aromatic rings. The average molecular weight is 251 g/mol. The van der Waals surface area contributed by atoms with Gasteiger partial charge in [-0.25, -0.2) is 4.39 Å². The molecular weight excluding hydrogens is 229 g/mol. The number of aliphatic hydroxyl groups is 1. The molecule has 3 atom stereocenters. The first-order valence-corrected chi connectivity index (χ1v) is 6.81. The minimum Gasteiger partial charge on any atom is -0.387 e. The van der Waals surface area contributed by atoms with E-state index in [0.717, 1.165) is 12.5 Å². The molecule has 18 heavy (non-hydrogen) atoms. The fourth-order valence-corrected chi connectivity index (χ4v) is 2.79. The molecule has 3 unspecified atom stereocenters. The predicted molar refractivity (Wildman–Crippen MR) is 70.7 cm³/mol. The maximum atomic E-state index is 13.4. The van der Waals surface area contributed by atoms with Gasteiger partial charge in [-0.2, -0.15) is 0 Å². The van der Waals surface area contributed by atoms with Gasteiger partial charge in [-0.05, 0) is 30.9 Å². The number of halogens is 1. The molecule has 2 N–H and O–H groups in total. The summed E-state index contributed by atoms with van der Waals surface area (Å²) >= 11 is 0. The Kier molecular flexibility index (Phi) is 4.72. The van der Waals surface area contributed by atoms with Crippen LogP contribution in [-0.2, 0) is 0 Å². The molecular formula is C15H22FNO. The van der Waals surface area contributed by atoms with Crippen LogP contribution in [0.25, 0.3) is 0 Å². The first-order valence-electron chi connectivity index (χ1n) is 6.81. The van der Waals surface area contributed by atoms with Crippen molar-refractivity contribution in [2.75, 3.05) is 13.1 Å². The molecule has 0 aliphatic heterocycles. The summed E-state index contributed by atoms with van der Waals surface area (Å²) in [6, 6.07) is 6.41. The number of hydrogen-bond donors (Lipinski definition) is 2. The SMILES string of the molecule is CC1CCCC1CNCC(O)c1ccccc1F. The first-order chi connectivity index (χ1) is 8.68. The molecule has 0 bridgehead atoms. The Morgan fingerprint density at radius 1 is 1.39 bits per heavy atom. The van der Waals surface area contributed by atoms with Crippen molar-refractivity contribution < 1.29 is 9.50 Å². The van der Waals surface area contributed by atoms with Crippen LogP contribution in [0.2, 0.25) is 0 Å². The van der Waals surface area contributed by atoms with E-state index in [0.29, 0.717) is 18.0 Å². The first kappa shape index (κ1) is 13.5. The summed E-state index contributed by atoms with van der Waals surface area (Å²) in [5.41, 5.74) is 0.379. The Hall–Kier alpha value is -0.930. The van der Waals surface area contributed by atoms with Crippen LogP contribution in [-0.4, -0.2) is 18.2 Å². The van der Waals surface area contributed by atoms with Gasteiger partial charge >= 0.3 is 0 Å². The Morgan fingerprint density at radius 3 is 2.83 bits per heavy atom. The number of aliphatic hydroxyl groups excluding tert-OH is 1. The maximum Gasteiger partial charge on any atom is 0.129 e. The van der Waals surface area contributed by atoms with Crippen molar-refractivity contribution >= 4 is 0 Å². The molecule has 0 spiro atoms. The summed E-state index contributed by atoms with van der Waals surface area (Å²) in [6.45, 7) is 3.63. The number of benzene rings is 1. The lowest BCUT2D eigenvalue weighted by atomic mass is 9.98. The van der Waals surface area contributed by atoms with E-state index in [1.165, 1.54) is 25.3 Å². The second-order valence-corrected chi connectivity index (χ2v) is 5.36. The van der Waals surface area contributed by atoms with E-state index >= 15 is 0 Å². The lowest BCUT2D eigenvalue weighted by Crippen LogP contribution is -2.28. The molecule has 2 nitrogen and oxygen atoms in total. The zero-order chi connectivity index (χ0) is 13.0. The smallest absolute Gasteiger partial charge is 0.129 e. The highest BCUT2D eigenvalue weighted by atomic mass is 19.1. The second kappa shape index (κ2) is 6.30. The van der Waals surface area contributed by atoms with Gasteiger partial charge in [-0.15, -0.1) is 0 Å². The number of nitrogens with one attached hydrogen (secondary N) is 1. The van der Waals surface area contributed by atoms with Gasteiger partial charge in [0.1, 0.15) is 5.82 Å². The molecule has 3 heteroatoms. The molecule has 1 aromatic carbocycles. The number of rotatable bonds is 5. The fraction of sp³-hybridized carbons (Fsp3) is 0.600. The molecule has 0 amide bonds. The molecule has 0 saturated heterocycles. The van der Waals surface area contributed by atoms with E-state index in [4.69, 9.17) is 0 Å². The summed E-state index contributed by atoms with van der Waals surface area (Å²) in [5, 5.41) is 13.2. The zero-order valence-corrected chi connectivity index (χ0v) is 10.9. The van der Waals surface area contributed by atoms with Crippen LogP contribution in [0.5, 0.6) is 0 Å². The van der Waals surface area contributed by atoms with Crippen LogP contribution < -0.4 is 5.32 Å². The standard InChI is InChI=1S/C15H22FNO/c1-11-5-4-6-12(11)9-17-10-15(18)13-7-2-3-8-14(13)16/h2-3,7-8,11-12,15,17-18H,4-6,9-10H2,1H3. The van der Waals surface area contributed by atoms with Gasteiger partial charge in [-0.1, -0.05) is 38.0 Å². The van der Waals surface area contributed by atoms with Crippen molar-refractivity contribution in [3.05, 3.63) is 35.6 Å². The van der Waals surface area contributed by atoms with E-state index in [1.54, 1.807) is 18.2 Å². The minimum atomic E-state index is -0.761. The molecule has 0 aromatic heterocycles. The molecule has 0 heterocycles. The van der Waals surface area contributed by atoms with Crippen LogP contribution in [0.15, 0.2) is 24.3 Å². The summed E-state index contributed by atoms with van der Waals surface area (Å²) < 4.78 is 13.4. The van der Waals surface area contributed by atoms with Gasteiger partial charge in [0.15, 0.2) is 0 Å². The third kappa shape index (κ3) is 3.30. The maximum absolute atomic E-state index is 13.4. The van der Waals surface area contributed by atoms with Crippen molar-refractivity contribution in [3.63, 3.8) is 0 Å². The van der Waals surface area contributed by atoms with Crippen molar-refractivity contribution in [3.8, 4) is 0 Å². The van der Waals surface area contributed by atoms with Crippen LogP contribution in [0.3, 0.4) is 0 Å². The van der Waals surface area contributed by atoms with Crippen LogP contribution in [0, 0.1) is 17.7 Å². The van der Waals surface area contributed by atoms with Crippen LogP contribution in [0.4, 0.5) is 4.39 Å². The largest absolute Gasteiger partial charge is 0.387 e. The molecule has 100 valence electrons. The van der Waals surface area contributed by atoms with E-state index in [9.17, 15) is 9.50 Å². The summed E-state index contributed by atoms with van der Waals surface area (Å²) in [7, 11) is 0. The lowest BCUT2D eigenvalue weighted by Gasteiger charge is -2.18. The molecule has 1 fully saturated rings. The zero-order valence-electron chi connectivity index (χ0n) is 10.9. The molecule has 2 rings (SSSR count). The average Bonchev–Trinajstić information content (AvgIpc) is 2.75. The van der Waals surface area contributed by atoms with E-state index in [1.807, 2.05) is 0 Å². The highest BCUT2D eigenvalue weighted by Crippen LogP contribution is 2.30. The monoisotopic (exact) mass is 251 g/mol. The Bertz CT molecular complexity index is 383. The normalized spacial score (nSPS) is 25.3. The van der Waals surface area contributed by atoms with Crippen molar-refractivity contribution in [2.45, 2.75) is 32.3 Å². The summed E-state index contributed by atoms with van der Waals surface area (Å²) in [4.78, 5) is 0. The third-order valence-electron chi connectivity index (χ3n) is 4.05. The van der Waals surface area contributed by atoms with Gasteiger partial charge in [0.2, 0.25) is 0 Å². The van der Waals surface area contributed by atoms with Crippen LogP contribution in [0.1, 0.15) is 37.9 Å². The topological polar surface area (TPSA) is 32.3 Å². The van der Waals surface area contributed by atoms with E-state index in [2.05, 4.69) is 12.2 Å². The van der Waals surface area contributed by atoms with Crippen molar-refractivity contribution in [1.82, 2.24) is 5.32 Å². The second-order valence-electron chi connectivity index (χ2n) is 5.36. The van der Waals surface area contributed by atoms with Gasteiger partial charge in [-0.3, -0.25) is 0 Å². The predicted octanol–water partition coefficient (Wildman–Crippen LogP) is 2.88. The highest BCUT2D eigenvalue weighted by molar-refractivity contribution is 5.19. The van der Waals surface area contributed by atoms with Crippen molar-refractivity contribution in [2.24, 2.45) is 11.8 Å². The van der Waals surface area contributed by atoms with Gasteiger partial charge in [0, 0.05) is 12.1 Å². The Morgan fingerprint density at radius 2 is 2.17 bits per heavy atom. The molecule has 1 saturated carbocycles. The van der Waals surface area contributed by atoms with Gasteiger partial charge in [0.05, 0.1) is 6.10 Å². The quantitative estimate of drug-likeness (QED) is 0.843. The minimum absolute atomic E-state index is 0.332. The van der Waals surface area contributed by atoms with E-state index < -0.39 is 6.10 Å². The molecule has 0 radical (unpaired) electrons. The lowest BCUT2D eigenvalue weighted by molar-refractivity contribution is 0.167. The van der Waals surface area contributed by atoms with Crippen molar-refractivity contribution in [1.29, 1.82) is 0 Å². The van der Waals surface area contributed by atoms with Crippen LogP contribution >= 0.6 is 0 Å². The summed E-state index contributed by atoms with van der Waals surface area (Å²) in [6.07, 6.45) is 3.12. The molecule has 1 aliphatic carbocycles. The highest BCUT2D eigenvalue weighted by Gasteiger charge is 2.23. The fourth-order valence-electron chi connectivity index (χ4n) is 2.79.